The fourth-order valence-corrected chi connectivity index (χ4v) is 4.47. The number of hydrogen-bond acceptors (Lipinski definition) is 4. The Morgan fingerprint density at radius 1 is 1.19 bits per heavy atom. The van der Waals surface area contributed by atoms with Crippen LogP contribution in [0, 0.1) is 5.92 Å². The molecule has 3 rings (SSSR count). The van der Waals surface area contributed by atoms with Gasteiger partial charge < -0.3 is 14.5 Å². The number of para-hydroxylation sites is 1. The van der Waals surface area contributed by atoms with E-state index in [9.17, 15) is 4.79 Å². The lowest BCUT2D eigenvalue weighted by molar-refractivity contribution is -0.139. The van der Waals surface area contributed by atoms with Gasteiger partial charge in [-0.2, -0.15) is 0 Å². The van der Waals surface area contributed by atoms with Crippen LogP contribution in [0.15, 0.2) is 30.1 Å². The molecule has 0 saturated carbocycles. The van der Waals surface area contributed by atoms with Crippen LogP contribution in [0.4, 0.5) is 5.69 Å². The van der Waals surface area contributed by atoms with Crippen LogP contribution in [0.3, 0.4) is 0 Å². The molecule has 0 N–H and O–H groups in total. The molecule has 1 aromatic rings. The maximum absolute atomic E-state index is 11.8. The minimum absolute atomic E-state index is 0.178. The van der Waals surface area contributed by atoms with Gasteiger partial charge in [-0.3, -0.25) is 4.79 Å². The first-order valence-electron chi connectivity index (χ1n) is 10.3. The lowest BCUT2D eigenvalue weighted by Crippen LogP contribution is -2.51. The third-order valence-corrected chi connectivity index (χ3v) is 5.85. The van der Waals surface area contributed by atoms with Crippen molar-refractivity contribution in [3.63, 3.8) is 0 Å². The molecule has 0 aromatic heterocycles. The van der Waals surface area contributed by atoms with Crippen LogP contribution >= 0.6 is 0 Å². The molecular formula is C23H34N2O2. The first kappa shape index (κ1) is 19.8. The molecule has 2 bridgehead atoms. The van der Waals surface area contributed by atoms with Gasteiger partial charge >= 0.3 is 5.97 Å². The minimum atomic E-state index is -0.178. The molecule has 0 aliphatic carbocycles. The van der Waals surface area contributed by atoms with Gasteiger partial charge in [0.1, 0.15) is 5.82 Å². The summed E-state index contributed by atoms with van der Waals surface area (Å²) in [6.07, 6.45) is 4.92. The molecular weight excluding hydrogens is 336 g/mol. The fourth-order valence-electron chi connectivity index (χ4n) is 4.47. The molecule has 4 heteroatoms. The smallest absolute Gasteiger partial charge is 0.309 e. The number of esters is 1. The third kappa shape index (κ3) is 4.15. The summed E-state index contributed by atoms with van der Waals surface area (Å²) in [6, 6.07) is 6.73. The van der Waals surface area contributed by atoms with Crippen molar-refractivity contribution in [3.05, 3.63) is 41.2 Å². The number of piperidine rings is 1. The van der Waals surface area contributed by atoms with Crippen molar-refractivity contribution in [2.24, 2.45) is 5.92 Å². The van der Waals surface area contributed by atoms with E-state index in [0.29, 0.717) is 24.2 Å². The number of nitrogens with zero attached hydrogens (tertiary/aromatic N) is 2. The summed E-state index contributed by atoms with van der Waals surface area (Å²) in [6.45, 7) is 12.3. The molecule has 2 aliphatic heterocycles. The topological polar surface area (TPSA) is 32.8 Å². The van der Waals surface area contributed by atoms with E-state index >= 15 is 0 Å². The Labute approximate surface area is 164 Å². The SMILES string of the molecule is COC(=O)C/C=C1\N2CCCC(C2)CN1c1c(C(C)C)cccc1C(C)C. The van der Waals surface area contributed by atoms with Crippen LogP contribution in [0.25, 0.3) is 0 Å². The summed E-state index contributed by atoms with van der Waals surface area (Å²) in [7, 11) is 1.46. The molecule has 1 unspecified atom stereocenters. The fraction of sp³-hybridized carbons (Fsp3) is 0.609. The summed E-state index contributed by atoms with van der Waals surface area (Å²) in [5.41, 5.74) is 4.15. The van der Waals surface area contributed by atoms with Crippen molar-refractivity contribution in [1.82, 2.24) is 4.90 Å². The Balaban J connectivity index is 2.10. The predicted octanol–water partition coefficient (Wildman–Crippen LogP) is 4.87. The summed E-state index contributed by atoms with van der Waals surface area (Å²) in [4.78, 5) is 16.8. The second-order valence-electron chi connectivity index (χ2n) is 8.50. The molecule has 4 nitrogen and oxygen atoms in total. The molecule has 1 aromatic carbocycles. The maximum Gasteiger partial charge on any atom is 0.309 e. The number of benzene rings is 1. The highest BCUT2D eigenvalue weighted by atomic mass is 16.5. The average Bonchev–Trinajstić information content (AvgIpc) is 2.66. The van der Waals surface area contributed by atoms with Crippen LogP contribution < -0.4 is 4.90 Å². The third-order valence-electron chi connectivity index (χ3n) is 5.85. The number of carbonyl (C=O) groups is 1. The predicted molar refractivity (Wildman–Crippen MR) is 111 cm³/mol. The van der Waals surface area contributed by atoms with Gasteiger partial charge in [0.2, 0.25) is 0 Å². The number of hydrogen-bond donors (Lipinski definition) is 0. The van der Waals surface area contributed by atoms with E-state index in [1.807, 2.05) is 0 Å². The van der Waals surface area contributed by atoms with E-state index in [1.165, 1.54) is 42.6 Å². The van der Waals surface area contributed by atoms with E-state index in [0.717, 1.165) is 19.6 Å². The molecule has 2 heterocycles. The normalized spacial score (nSPS) is 21.3. The van der Waals surface area contributed by atoms with Crippen molar-refractivity contribution in [1.29, 1.82) is 0 Å². The molecule has 2 aliphatic rings. The highest BCUT2D eigenvalue weighted by molar-refractivity contribution is 5.72. The zero-order chi connectivity index (χ0) is 19.6. The first-order chi connectivity index (χ1) is 12.9. The molecule has 0 amide bonds. The highest BCUT2D eigenvalue weighted by Gasteiger charge is 2.34. The molecule has 0 radical (unpaired) electrons. The Bertz CT molecular complexity index is 682. The van der Waals surface area contributed by atoms with Gasteiger partial charge in [0.25, 0.3) is 0 Å². The molecule has 1 atom stereocenters. The Morgan fingerprint density at radius 3 is 2.44 bits per heavy atom. The van der Waals surface area contributed by atoms with Gasteiger partial charge in [-0.05, 0) is 47.8 Å². The highest BCUT2D eigenvalue weighted by Crippen LogP contribution is 2.41. The number of anilines is 1. The summed E-state index contributed by atoms with van der Waals surface area (Å²) >= 11 is 0. The Hall–Kier alpha value is -1.97. The second-order valence-corrected chi connectivity index (χ2v) is 8.50. The van der Waals surface area contributed by atoms with E-state index in [1.54, 1.807) is 0 Å². The summed E-state index contributed by atoms with van der Waals surface area (Å²) in [5, 5.41) is 0. The van der Waals surface area contributed by atoms with Gasteiger partial charge in [0.05, 0.1) is 13.5 Å². The van der Waals surface area contributed by atoms with Crippen LogP contribution in [0.2, 0.25) is 0 Å². The molecule has 2 fully saturated rings. The quantitative estimate of drug-likeness (QED) is 0.692. The lowest BCUT2D eigenvalue weighted by Gasteiger charge is -2.49. The van der Waals surface area contributed by atoms with Crippen LogP contribution in [0.1, 0.15) is 69.9 Å². The van der Waals surface area contributed by atoms with E-state index in [-0.39, 0.29) is 5.97 Å². The lowest BCUT2D eigenvalue weighted by atomic mass is 9.89. The van der Waals surface area contributed by atoms with Crippen molar-refractivity contribution in [2.45, 2.75) is 58.8 Å². The number of methoxy groups -OCH3 is 1. The molecule has 2 saturated heterocycles. The summed E-state index contributed by atoms with van der Waals surface area (Å²) < 4.78 is 4.89. The van der Waals surface area contributed by atoms with Crippen molar-refractivity contribution >= 4 is 11.7 Å². The minimum Gasteiger partial charge on any atom is -0.469 e. The number of ether oxygens (including phenoxy) is 1. The standard InChI is InChI=1S/C23H34N2O2/c1-16(2)19-9-6-10-20(17(3)4)23(19)25-15-18-8-7-13-24(14-18)21(25)11-12-22(26)27-5/h6,9-11,16-18H,7-8,12-15H2,1-5H3/b21-11+. The number of rotatable bonds is 5. The van der Waals surface area contributed by atoms with E-state index < -0.39 is 0 Å². The number of carbonyl (C=O) groups excluding carboxylic acids is 1. The Kier molecular flexibility index (Phi) is 6.13. The average molecular weight is 371 g/mol. The second kappa shape index (κ2) is 8.37. The van der Waals surface area contributed by atoms with E-state index in [2.05, 4.69) is 61.8 Å². The van der Waals surface area contributed by atoms with Crippen molar-refractivity contribution in [2.75, 3.05) is 31.6 Å². The van der Waals surface area contributed by atoms with Crippen LogP contribution in [0.5, 0.6) is 0 Å². The van der Waals surface area contributed by atoms with Crippen molar-refractivity contribution < 1.29 is 9.53 Å². The van der Waals surface area contributed by atoms with Crippen LogP contribution in [-0.2, 0) is 9.53 Å². The first-order valence-corrected chi connectivity index (χ1v) is 10.3. The van der Waals surface area contributed by atoms with Gasteiger partial charge in [-0.15, -0.1) is 0 Å². The van der Waals surface area contributed by atoms with Gasteiger partial charge in [-0.25, -0.2) is 0 Å². The van der Waals surface area contributed by atoms with Gasteiger partial charge in [0.15, 0.2) is 0 Å². The molecule has 0 spiro atoms. The monoisotopic (exact) mass is 370 g/mol. The van der Waals surface area contributed by atoms with E-state index in [4.69, 9.17) is 4.74 Å². The zero-order valence-corrected chi connectivity index (χ0v) is 17.5. The maximum atomic E-state index is 11.8. The molecule has 148 valence electrons. The largest absolute Gasteiger partial charge is 0.469 e. The van der Waals surface area contributed by atoms with Crippen LogP contribution in [-0.4, -0.2) is 37.6 Å². The van der Waals surface area contributed by atoms with Gasteiger partial charge in [0, 0.05) is 25.3 Å². The summed E-state index contributed by atoms with van der Waals surface area (Å²) in [5.74, 6) is 2.61. The van der Waals surface area contributed by atoms with Crippen molar-refractivity contribution in [3.8, 4) is 0 Å². The number of fused-ring (bicyclic) bond motifs is 2. The molecule has 27 heavy (non-hydrogen) atoms. The zero-order valence-electron chi connectivity index (χ0n) is 17.5. The van der Waals surface area contributed by atoms with Gasteiger partial charge in [-0.1, -0.05) is 45.9 Å². The Morgan fingerprint density at radius 2 is 1.85 bits per heavy atom.